The second-order valence-corrected chi connectivity index (χ2v) is 16.6. The van der Waals surface area contributed by atoms with Crippen LogP contribution in [0.5, 0.6) is 0 Å². The minimum Gasteiger partial charge on any atom is -0.218 e. The van der Waals surface area contributed by atoms with E-state index in [-0.39, 0.29) is 6.04 Å². The van der Waals surface area contributed by atoms with Crippen LogP contribution in [0.3, 0.4) is 0 Å². The van der Waals surface area contributed by atoms with Crippen LogP contribution in [0, 0.1) is 0 Å². The molecule has 0 radical (unpaired) electrons. The Balaban J connectivity index is 5.76. The van der Waals surface area contributed by atoms with Crippen LogP contribution >= 0.6 is 11.1 Å². The maximum absolute atomic E-state index is 12.4. The normalized spacial score (nSPS) is 15.4. The Kier molecular flexibility index (Phi) is 6.47. The van der Waals surface area contributed by atoms with E-state index in [0.717, 1.165) is 0 Å². The summed E-state index contributed by atoms with van der Waals surface area (Å²) in [6, 6.07) is -0.0359. The van der Waals surface area contributed by atoms with E-state index in [1.165, 1.54) is 13.1 Å². The van der Waals surface area contributed by atoms with Crippen molar-refractivity contribution in [1.82, 2.24) is 0 Å². The van der Waals surface area contributed by atoms with Gasteiger partial charge >= 0.3 is 11.0 Å². The Bertz CT molecular complexity index is 546. The van der Waals surface area contributed by atoms with Gasteiger partial charge in [0, 0.05) is 0 Å². The quantitative estimate of drug-likeness (QED) is 0.379. The number of halogens is 7. The van der Waals surface area contributed by atoms with Crippen LogP contribution in [-0.4, -0.2) is 39.8 Å². The fourth-order valence-electron chi connectivity index (χ4n) is 1.46. The molecule has 22 heavy (non-hydrogen) atoms. The topological polar surface area (TPSA) is 68.3 Å². The van der Waals surface area contributed by atoms with Crippen molar-refractivity contribution >= 4 is 38.1 Å². The molecule has 0 N–H and O–H groups in total. The lowest BCUT2D eigenvalue weighted by Crippen LogP contribution is -2.45. The first-order chi connectivity index (χ1) is 9.34. The van der Waals surface area contributed by atoms with Crippen molar-refractivity contribution in [1.29, 1.82) is 0 Å². The smallest absolute Gasteiger partial charge is 0.218 e. The van der Waals surface area contributed by atoms with Crippen molar-refractivity contribution < 1.29 is 43.2 Å². The molecule has 0 aliphatic heterocycles. The summed E-state index contributed by atoms with van der Waals surface area (Å²) in [6.07, 6.45) is -1.81. The van der Waals surface area contributed by atoms with Gasteiger partial charge in [0.25, 0.3) is 19.7 Å². The van der Waals surface area contributed by atoms with E-state index in [1.54, 1.807) is 0 Å². The average molecular weight is 415 g/mol. The molecule has 0 saturated heterocycles. The van der Waals surface area contributed by atoms with Crippen molar-refractivity contribution in [3.63, 3.8) is 0 Å². The van der Waals surface area contributed by atoms with Gasteiger partial charge in [-0.05, 0) is 12.5 Å². The van der Waals surface area contributed by atoms with Crippen molar-refractivity contribution in [3.05, 3.63) is 0 Å². The molecule has 0 atom stereocenters. The van der Waals surface area contributed by atoms with Gasteiger partial charge < -0.3 is 0 Å². The van der Waals surface area contributed by atoms with Crippen LogP contribution in [0.25, 0.3) is 0 Å². The van der Waals surface area contributed by atoms with Gasteiger partial charge in [0.15, 0.2) is 4.58 Å². The maximum Gasteiger partial charge on any atom is 0.498 e. The predicted octanol–water partition coefficient (Wildman–Crippen LogP) is 3.41. The summed E-state index contributed by atoms with van der Waals surface area (Å²) >= 11 is 5.82. The first-order valence-corrected chi connectivity index (χ1v) is 12.9. The van der Waals surface area contributed by atoms with E-state index in [2.05, 4.69) is 0 Å². The highest BCUT2D eigenvalue weighted by atomic mass is 35.6. The van der Waals surface area contributed by atoms with Gasteiger partial charge in [0.2, 0.25) is 0 Å². The van der Waals surface area contributed by atoms with E-state index in [1.807, 2.05) is 0 Å². The Morgan fingerprint density at radius 3 is 1.45 bits per heavy atom. The average Bonchev–Trinajstić information content (AvgIpc) is 2.18. The molecule has 0 rings (SSSR count). The second kappa shape index (κ2) is 6.47. The molecule has 14 heteroatoms. The second-order valence-electron chi connectivity index (χ2n) is 5.02. The molecule has 0 aliphatic carbocycles. The highest BCUT2D eigenvalue weighted by molar-refractivity contribution is 8.09. The monoisotopic (exact) mass is 414 g/mol. The van der Waals surface area contributed by atoms with Gasteiger partial charge in [0.05, 0.1) is 0 Å². The molecule has 134 valence electrons. The first-order valence-electron chi connectivity index (χ1n) is 5.63. The van der Waals surface area contributed by atoms with Crippen LogP contribution in [0.1, 0.15) is 12.8 Å². The molecule has 0 heterocycles. The molecule has 0 aromatic carbocycles. The molecular weight excluding hydrogens is 402 g/mol. The maximum atomic E-state index is 12.4. The van der Waals surface area contributed by atoms with Crippen LogP contribution in [0.4, 0.5) is 26.3 Å². The van der Waals surface area contributed by atoms with E-state index >= 15 is 0 Å². The summed E-state index contributed by atoms with van der Waals surface area (Å²) in [5, 5.41) is 0. The summed E-state index contributed by atoms with van der Waals surface area (Å²) < 4.78 is 116. The Morgan fingerprint density at radius 2 is 1.23 bits per heavy atom. The van der Waals surface area contributed by atoms with Crippen LogP contribution in [-0.2, 0) is 19.7 Å². The zero-order valence-corrected chi connectivity index (χ0v) is 14.7. The standard InChI is InChI=1S/C8H13ClF6O4S2Si/c1-22(2,9)5-3-4-6(20(16,17)7(10,11)12)21(18,19)8(13,14)15/h6H,3-5H2,1-2H3. The van der Waals surface area contributed by atoms with E-state index in [0.29, 0.717) is 0 Å². The summed E-state index contributed by atoms with van der Waals surface area (Å²) in [4.78, 5) is 0. The summed E-state index contributed by atoms with van der Waals surface area (Å²) in [5.41, 5.74) is -12.2. The highest BCUT2D eigenvalue weighted by Crippen LogP contribution is 2.38. The Morgan fingerprint density at radius 1 is 0.909 bits per heavy atom. The summed E-state index contributed by atoms with van der Waals surface area (Å²) in [6.45, 7) is 3.06. The minimum atomic E-state index is -6.53. The molecule has 0 unspecified atom stereocenters. The zero-order valence-electron chi connectivity index (χ0n) is 11.3. The van der Waals surface area contributed by atoms with Gasteiger partial charge in [-0.1, -0.05) is 19.5 Å². The van der Waals surface area contributed by atoms with Crippen LogP contribution in [0.15, 0.2) is 0 Å². The molecule has 4 nitrogen and oxygen atoms in total. The van der Waals surface area contributed by atoms with Crippen molar-refractivity contribution in [2.45, 2.75) is 47.6 Å². The van der Waals surface area contributed by atoms with Crippen molar-refractivity contribution in [2.24, 2.45) is 0 Å². The minimum absolute atomic E-state index is 0.0359. The number of alkyl halides is 6. The van der Waals surface area contributed by atoms with Crippen molar-refractivity contribution in [3.8, 4) is 0 Å². The zero-order chi connectivity index (χ0) is 18.2. The van der Waals surface area contributed by atoms with Crippen LogP contribution in [0.2, 0.25) is 19.1 Å². The van der Waals surface area contributed by atoms with Crippen LogP contribution < -0.4 is 0 Å². The fourth-order valence-corrected chi connectivity index (χ4v) is 6.45. The lowest BCUT2D eigenvalue weighted by molar-refractivity contribution is -0.0472. The molecule has 0 fully saturated rings. The number of hydrogen-bond donors (Lipinski definition) is 0. The number of hydrogen-bond acceptors (Lipinski definition) is 4. The van der Waals surface area contributed by atoms with Gasteiger partial charge in [-0.25, -0.2) is 16.8 Å². The molecule has 0 aromatic rings. The van der Waals surface area contributed by atoms with E-state index in [9.17, 15) is 43.2 Å². The lowest BCUT2D eigenvalue weighted by atomic mass is 10.4. The number of rotatable bonds is 6. The molecule has 0 saturated carbocycles. The predicted molar refractivity (Wildman–Crippen MR) is 71.1 cm³/mol. The third-order valence-electron chi connectivity index (χ3n) is 2.55. The highest BCUT2D eigenvalue weighted by Gasteiger charge is 2.62. The Labute approximate surface area is 129 Å². The molecule has 0 bridgehead atoms. The van der Waals surface area contributed by atoms with E-state index in [4.69, 9.17) is 11.1 Å². The van der Waals surface area contributed by atoms with Crippen molar-refractivity contribution in [2.75, 3.05) is 0 Å². The molecule has 0 aromatic heterocycles. The van der Waals surface area contributed by atoms with Gasteiger partial charge in [-0.3, -0.25) is 0 Å². The van der Waals surface area contributed by atoms with Gasteiger partial charge in [-0.15, -0.1) is 0 Å². The largest absolute Gasteiger partial charge is 0.498 e. The van der Waals surface area contributed by atoms with E-state index < -0.39 is 55.5 Å². The molecular formula is C8H13ClF6O4S2Si. The lowest BCUT2D eigenvalue weighted by Gasteiger charge is -2.21. The number of sulfone groups is 2. The van der Waals surface area contributed by atoms with Gasteiger partial charge in [-0.2, -0.15) is 37.4 Å². The molecule has 0 aliphatic rings. The Hall–Kier alpha value is -0.0131. The molecule has 0 spiro atoms. The first kappa shape index (κ1) is 22.0. The van der Waals surface area contributed by atoms with Gasteiger partial charge in [0.1, 0.15) is 7.38 Å². The third kappa shape index (κ3) is 5.27. The molecule has 0 amide bonds. The summed E-state index contributed by atoms with van der Waals surface area (Å²) in [7, 11) is -15.5. The SMILES string of the molecule is C[Si](C)(Cl)CCCC(S(=O)(=O)C(F)(F)F)S(=O)(=O)C(F)(F)F. The fraction of sp³-hybridized carbons (Fsp3) is 1.00. The summed E-state index contributed by atoms with van der Waals surface area (Å²) in [5.74, 6) is 0. The third-order valence-corrected chi connectivity index (χ3v) is 9.32.